The lowest BCUT2D eigenvalue weighted by Gasteiger charge is -2.38. The van der Waals surface area contributed by atoms with Crippen LogP contribution in [-0.2, 0) is 44.6 Å². The van der Waals surface area contributed by atoms with Crippen molar-refractivity contribution in [3.05, 3.63) is 0 Å². The molecule has 1 amide bonds. The van der Waals surface area contributed by atoms with Gasteiger partial charge < -0.3 is 45.2 Å². The van der Waals surface area contributed by atoms with E-state index in [9.17, 15) is 4.79 Å². The Morgan fingerprint density at radius 1 is 0.467 bits per heavy atom. The summed E-state index contributed by atoms with van der Waals surface area (Å²) in [5.74, 6) is -0.0376. The van der Waals surface area contributed by atoms with Gasteiger partial charge in [0.1, 0.15) is 0 Å². The summed E-state index contributed by atoms with van der Waals surface area (Å²) in [6.45, 7) is 24.9. The highest BCUT2D eigenvalue weighted by molar-refractivity contribution is 6.61. The Bertz CT molecular complexity index is 608. The molecule has 0 atom stereocenters. The average molecular weight is 700 g/mol. The Kier molecular flexibility index (Phi) is 25.6. The van der Waals surface area contributed by atoms with Crippen molar-refractivity contribution < 1.29 is 44.6 Å². The first-order valence-electron chi connectivity index (χ1n) is 17.6. The minimum Gasteiger partial charge on any atom is -0.374 e. The van der Waals surface area contributed by atoms with Crippen LogP contribution in [-0.4, -0.2) is 98.3 Å². The van der Waals surface area contributed by atoms with E-state index in [4.69, 9.17) is 39.8 Å². The maximum absolute atomic E-state index is 12.3. The first-order valence-corrected chi connectivity index (χ1v) is 23.4. The third-order valence-electron chi connectivity index (χ3n) is 7.56. The quantitative estimate of drug-likeness (QED) is 0.0772. The fourth-order valence-electron chi connectivity index (χ4n) is 6.00. The third kappa shape index (κ3) is 17.6. The Balaban J connectivity index is 6.34. The van der Waals surface area contributed by atoms with Gasteiger partial charge in [-0.15, -0.1) is 0 Å². The molecule has 11 nitrogen and oxygen atoms in total. The third-order valence-corrected chi connectivity index (χ3v) is 17.0. The number of rotatable bonds is 32. The molecule has 270 valence electrons. The van der Waals surface area contributed by atoms with Crippen LogP contribution in [0.5, 0.6) is 0 Å². The molecule has 0 spiro atoms. The standard InChI is InChI=1S/C31H69NO10Si3/c1-11-34-43(35-12-2,36-13-3)26-20-23-31(29-32-30(10)33,24-21-27-44(37-14-4,38-15-5)39-16-6)25-22-28-45(40-17-7,41-18-8)42-19-9/h11-29H2,1-10H3,(H,32,33). The van der Waals surface area contributed by atoms with E-state index in [0.29, 0.717) is 66.0 Å². The smallest absolute Gasteiger partial charge is 0.374 e. The van der Waals surface area contributed by atoms with Gasteiger partial charge in [0, 0.05) is 91.1 Å². The van der Waals surface area contributed by atoms with Crippen LogP contribution < -0.4 is 5.32 Å². The van der Waals surface area contributed by atoms with Crippen molar-refractivity contribution in [1.29, 1.82) is 0 Å². The molecule has 0 heterocycles. The lowest BCUT2D eigenvalue weighted by molar-refractivity contribution is -0.119. The number of carbonyl (C=O) groups excluding carboxylic acids is 1. The molecule has 0 aliphatic heterocycles. The van der Waals surface area contributed by atoms with Crippen molar-refractivity contribution in [3.8, 4) is 0 Å². The van der Waals surface area contributed by atoms with E-state index in [-0.39, 0.29) is 11.3 Å². The molecule has 0 aliphatic carbocycles. The monoisotopic (exact) mass is 699 g/mol. The van der Waals surface area contributed by atoms with Crippen LogP contribution in [0.15, 0.2) is 0 Å². The topological polar surface area (TPSA) is 112 Å². The molecule has 0 saturated heterocycles. The average Bonchev–Trinajstić information content (AvgIpc) is 2.97. The van der Waals surface area contributed by atoms with Gasteiger partial charge in [-0.05, 0) is 106 Å². The second-order valence-electron chi connectivity index (χ2n) is 10.9. The maximum atomic E-state index is 12.3. The summed E-state index contributed by atoms with van der Waals surface area (Å²) < 4.78 is 55.6. The molecule has 0 bridgehead atoms. The van der Waals surface area contributed by atoms with Gasteiger partial charge in [-0.2, -0.15) is 0 Å². The number of nitrogens with one attached hydrogen (secondary N) is 1. The van der Waals surface area contributed by atoms with Crippen LogP contribution in [0, 0.1) is 5.41 Å². The van der Waals surface area contributed by atoms with Crippen LogP contribution in [0.1, 0.15) is 108 Å². The first-order chi connectivity index (χ1) is 21.6. The Morgan fingerprint density at radius 2 is 0.689 bits per heavy atom. The van der Waals surface area contributed by atoms with Crippen LogP contribution >= 0.6 is 0 Å². The summed E-state index contributed by atoms with van der Waals surface area (Å²) in [5, 5.41) is 3.17. The fourth-order valence-corrected chi connectivity index (χ4v) is 13.8. The van der Waals surface area contributed by atoms with Gasteiger partial charge >= 0.3 is 26.4 Å². The molecule has 0 aromatic carbocycles. The SMILES string of the molecule is CCO[Si](CCCC(CCC[Si](OCC)(OCC)OCC)(CCC[Si](OCC)(OCC)OCC)CNC(C)=O)(OCC)OCC. The number of hydrogen-bond donors (Lipinski definition) is 1. The van der Waals surface area contributed by atoms with Gasteiger partial charge in [-0.1, -0.05) is 0 Å². The van der Waals surface area contributed by atoms with Crippen LogP contribution in [0.4, 0.5) is 0 Å². The number of amides is 1. The Morgan fingerprint density at radius 3 is 0.867 bits per heavy atom. The van der Waals surface area contributed by atoms with E-state index >= 15 is 0 Å². The largest absolute Gasteiger partial charge is 0.500 e. The summed E-state index contributed by atoms with van der Waals surface area (Å²) in [6.07, 6.45) is 5.15. The lowest BCUT2D eigenvalue weighted by Crippen LogP contribution is -2.47. The number of hydrogen-bond acceptors (Lipinski definition) is 10. The van der Waals surface area contributed by atoms with E-state index in [2.05, 4.69) is 5.32 Å². The van der Waals surface area contributed by atoms with Crippen molar-refractivity contribution in [3.63, 3.8) is 0 Å². The summed E-state index contributed by atoms with van der Waals surface area (Å²) in [7, 11) is -8.46. The fraction of sp³-hybridized carbons (Fsp3) is 0.968. The molecule has 45 heavy (non-hydrogen) atoms. The zero-order chi connectivity index (χ0) is 34.1. The zero-order valence-electron chi connectivity index (χ0n) is 30.5. The molecule has 14 heteroatoms. The molecular formula is C31H69NO10Si3. The van der Waals surface area contributed by atoms with E-state index in [0.717, 1.165) is 56.7 Å². The maximum Gasteiger partial charge on any atom is 0.500 e. The van der Waals surface area contributed by atoms with Crippen LogP contribution in [0.25, 0.3) is 0 Å². The van der Waals surface area contributed by atoms with Crippen molar-refractivity contribution in [2.75, 3.05) is 66.0 Å². The highest BCUT2D eigenvalue weighted by atomic mass is 28.4. The first kappa shape index (κ1) is 44.8. The van der Waals surface area contributed by atoms with Crippen molar-refractivity contribution >= 4 is 32.3 Å². The molecule has 1 N–H and O–H groups in total. The number of carbonyl (C=O) groups is 1. The van der Waals surface area contributed by atoms with E-state index in [1.165, 1.54) is 0 Å². The molecule has 0 aliphatic rings. The predicted octanol–water partition coefficient (Wildman–Crippen LogP) is 6.59. The van der Waals surface area contributed by atoms with Gasteiger partial charge in [0.05, 0.1) is 0 Å². The van der Waals surface area contributed by atoms with Crippen LogP contribution in [0.2, 0.25) is 18.1 Å². The lowest BCUT2D eigenvalue weighted by atomic mass is 9.75. The molecule has 0 rings (SSSR count). The van der Waals surface area contributed by atoms with Crippen LogP contribution in [0.3, 0.4) is 0 Å². The van der Waals surface area contributed by atoms with Crippen molar-refractivity contribution in [2.45, 2.75) is 126 Å². The Labute approximate surface area is 279 Å². The molecule has 0 saturated carbocycles. The van der Waals surface area contributed by atoms with Gasteiger partial charge in [0.15, 0.2) is 0 Å². The molecular weight excluding hydrogens is 631 g/mol. The zero-order valence-corrected chi connectivity index (χ0v) is 33.5. The molecule has 0 aromatic rings. The summed E-state index contributed by atoms with van der Waals surface area (Å²) in [6, 6.07) is 2.15. The molecule has 0 fully saturated rings. The normalized spacial score (nSPS) is 13.0. The van der Waals surface area contributed by atoms with Gasteiger partial charge in [-0.25, -0.2) is 0 Å². The molecule has 0 radical (unpaired) electrons. The van der Waals surface area contributed by atoms with Gasteiger partial charge in [-0.3, -0.25) is 4.79 Å². The minimum atomic E-state index is -2.82. The van der Waals surface area contributed by atoms with Gasteiger partial charge in [0.2, 0.25) is 5.91 Å². The van der Waals surface area contributed by atoms with E-state index < -0.39 is 26.4 Å². The van der Waals surface area contributed by atoms with Crippen molar-refractivity contribution in [2.24, 2.45) is 5.41 Å². The van der Waals surface area contributed by atoms with Gasteiger partial charge in [0.25, 0.3) is 0 Å². The summed E-state index contributed by atoms with van der Waals surface area (Å²) in [5.41, 5.74) is -0.202. The predicted molar refractivity (Wildman–Crippen MR) is 185 cm³/mol. The Hall–Kier alpha value is -0.239. The minimum absolute atomic E-state index is 0.0376. The molecule has 0 unspecified atom stereocenters. The summed E-state index contributed by atoms with van der Waals surface area (Å²) >= 11 is 0. The highest BCUT2D eigenvalue weighted by Crippen LogP contribution is 2.39. The highest BCUT2D eigenvalue weighted by Gasteiger charge is 2.44. The van der Waals surface area contributed by atoms with Crippen molar-refractivity contribution in [1.82, 2.24) is 5.32 Å². The molecule has 0 aromatic heterocycles. The second kappa shape index (κ2) is 25.7. The van der Waals surface area contributed by atoms with E-state index in [1.54, 1.807) is 6.92 Å². The second-order valence-corrected chi connectivity index (χ2v) is 19.1. The summed E-state index contributed by atoms with van der Waals surface area (Å²) in [4.78, 5) is 12.3. The van der Waals surface area contributed by atoms with E-state index in [1.807, 2.05) is 62.3 Å².